The van der Waals surface area contributed by atoms with Crippen molar-refractivity contribution < 1.29 is 4.92 Å². The predicted octanol–water partition coefficient (Wildman–Crippen LogP) is 3.99. The summed E-state index contributed by atoms with van der Waals surface area (Å²) < 4.78 is 1.01. The van der Waals surface area contributed by atoms with Crippen molar-refractivity contribution in [3.63, 3.8) is 0 Å². The summed E-state index contributed by atoms with van der Waals surface area (Å²) in [5, 5.41) is 13.9. The molecule has 0 fully saturated rings. The Morgan fingerprint density at radius 1 is 1.21 bits per heavy atom. The van der Waals surface area contributed by atoms with Crippen molar-refractivity contribution in [1.29, 1.82) is 0 Å². The molecular formula is C13H12BrN3O2. The first kappa shape index (κ1) is 13.4. The number of hydrogen-bond donors (Lipinski definition) is 2. The summed E-state index contributed by atoms with van der Waals surface area (Å²) in [6.45, 7) is 1.97. The van der Waals surface area contributed by atoms with Gasteiger partial charge in [-0.3, -0.25) is 10.1 Å². The van der Waals surface area contributed by atoms with E-state index in [9.17, 15) is 10.1 Å². The van der Waals surface area contributed by atoms with Gasteiger partial charge >= 0.3 is 0 Å². The van der Waals surface area contributed by atoms with Gasteiger partial charge < -0.3 is 11.1 Å². The summed E-state index contributed by atoms with van der Waals surface area (Å²) in [4.78, 5) is 10.3. The summed E-state index contributed by atoms with van der Waals surface area (Å²) in [6, 6.07) is 10.2. The lowest BCUT2D eigenvalue weighted by atomic mass is 10.2. The molecule has 0 unspecified atom stereocenters. The maximum absolute atomic E-state index is 10.8. The normalized spacial score (nSPS) is 10.2. The van der Waals surface area contributed by atoms with Crippen molar-refractivity contribution in [1.82, 2.24) is 0 Å². The number of non-ortho nitro benzene ring substituents is 1. The number of anilines is 3. The molecule has 0 aliphatic rings. The molecule has 0 bridgehead atoms. The summed E-state index contributed by atoms with van der Waals surface area (Å²) in [6.07, 6.45) is 0. The largest absolute Gasteiger partial charge is 0.398 e. The Bertz CT molecular complexity index is 644. The molecule has 2 rings (SSSR count). The maximum Gasteiger partial charge on any atom is 0.273 e. The van der Waals surface area contributed by atoms with Crippen molar-refractivity contribution in [2.24, 2.45) is 0 Å². The first-order chi connectivity index (χ1) is 8.95. The van der Waals surface area contributed by atoms with Crippen molar-refractivity contribution >= 4 is 38.7 Å². The third kappa shape index (κ3) is 3.23. The molecule has 6 heteroatoms. The van der Waals surface area contributed by atoms with E-state index in [2.05, 4.69) is 21.2 Å². The lowest BCUT2D eigenvalue weighted by molar-refractivity contribution is -0.384. The molecule has 2 aromatic carbocycles. The fourth-order valence-electron chi connectivity index (χ4n) is 1.70. The maximum atomic E-state index is 10.8. The van der Waals surface area contributed by atoms with Crippen LogP contribution in [-0.2, 0) is 0 Å². The number of nitro benzene ring substituents is 1. The molecule has 0 saturated heterocycles. The number of rotatable bonds is 3. The molecule has 0 aliphatic carbocycles. The van der Waals surface area contributed by atoms with E-state index >= 15 is 0 Å². The zero-order valence-electron chi connectivity index (χ0n) is 10.2. The zero-order valence-corrected chi connectivity index (χ0v) is 11.8. The highest BCUT2D eigenvalue weighted by Crippen LogP contribution is 2.27. The molecule has 0 radical (unpaired) electrons. The number of hydrogen-bond acceptors (Lipinski definition) is 4. The van der Waals surface area contributed by atoms with E-state index in [1.165, 1.54) is 12.1 Å². The van der Waals surface area contributed by atoms with E-state index < -0.39 is 4.92 Å². The number of nitrogens with two attached hydrogens (primary N) is 1. The van der Waals surface area contributed by atoms with Crippen LogP contribution in [0.3, 0.4) is 0 Å². The predicted molar refractivity (Wildman–Crippen MR) is 79.7 cm³/mol. The molecule has 19 heavy (non-hydrogen) atoms. The average molecular weight is 322 g/mol. The van der Waals surface area contributed by atoms with E-state index in [1.54, 1.807) is 6.07 Å². The van der Waals surface area contributed by atoms with Gasteiger partial charge in [0.1, 0.15) is 0 Å². The zero-order chi connectivity index (χ0) is 14.0. The minimum atomic E-state index is -0.464. The van der Waals surface area contributed by atoms with Gasteiger partial charge in [-0.2, -0.15) is 0 Å². The number of nitrogens with one attached hydrogen (secondary N) is 1. The molecule has 98 valence electrons. The Hall–Kier alpha value is -2.08. The van der Waals surface area contributed by atoms with Crippen molar-refractivity contribution in [3.05, 3.63) is 56.5 Å². The first-order valence-electron chi connectivity index (χ1n) is 5.54. The van der Waals surface area contributed by atoms with Crippen LogP contribution < -0.4 is 11.1 Å². The molecule has 5 nitrogen and oxygen atoms in total. The van der Waals surface area contributed by atoms with Gasteiger partial charge in [0, 0.05) is 33.7 Å². The minimum absolute atomic E-state index is 0.0312. The Balaban J connectivity index is 2.32. The van der Waals surface area contributed by atoms with Crippen LogP contribution in [0.4, 0.5) is 22.7 Å². The van der Waals surface area contributed by atoms with Gasteiger partial charge in [-0.15, -0.1) is 0 Å². The number of nitro groups is 1. The second-order valence-corrected chi connectivity index (χ2v) is 5.01. The number of aryl methyl sites for hydroxylation is 1. The van der Waals surface area contributed by atoms with Gasteiger partial charge in [0.25, 0.3) is 5.69 Å². The summed E-state index contributed by atoms with van der Waals surface area (Å²) in [5.74, 6) is 0. The lowest BCUT2D eigenvalue weighted by Gasteiger charge is -2.09. The first-order valence-corrected chi connectivity index (χ1v) is 6.33. The van der Waals surface area contributed by atoms with Crippen LogP contribution in [0.2, 0.25) is 0 Å². The van der Waals surface area contributed by atoms with Crippen molar-refractivity contribution in [3.8, 4) is 0 Å². The van der Waals surface area contributed by atoms with Gasteiger partial charge in [-0.05, 0) is 36.8 Å². The van der Waals surface area contributed by atoms with E-state index in [0.717, 1.165) is 15.7 Å². The summed E-state index contributed by atoms with van der Waals surface area (Å²) in [5.41, 5.74) is 8.49. The van der Waals surface area contributed by atoms with Gasteiger partial charge in [0.05, 0.1) is 4.92 Å². The Labute approximate surface area is 118 Å². The number of halogens is 1. The molecule has 2 aromatic rings. The van der Waals surface area contributed by atoms with Gasteiger partial charge in [-0.25, -0.2) is 0 Å². The van der Waals surface area contributed by atoms with Crippen LogP contribution >= 0.6 is 15.9 Å². The molecule has 3 N–H and O–H groups in total. The third-order valence-electron chi connectivity index (χ3n) is 2.60. The minimum Gasteiger partial charge on any atom is -0.398 e. The SMILES string of the molecule is Cc1cc(Nc2cc(N)cc([N+](=O)[O-])c2)ccc1Br. The average Bonchev–Trinajstić information content (AvgIpc) is 2.33. The van der Waals surface area contributed by atoms with E-state index in [4.69, 9.17) is 5.73 Å². The smallest absolute Gasteiger partial charge is 0.273 e. The van der Waals surface area contributed by atoms with E-state index in [0.29, 0.717) is 11.4 Å². The van der Waals surface area contributed by atoms with Gasteiger partial charge in [0.2, 0.25) is 0 Å². The van der Waals surface area contributed by atoms with Crippen molar-refractivity contribution in [2.75, 3.05) is 11.1 Å². The van der Waals surface area contributed by atoms with E-state index in [1.807, 2.05) is 25.1 Å². The quantitative estimate of drug-likeness (QED) is 0.508. The molecule has 0 heterocycles. The standard InChI is InChI=1S/C13H12BrN3O2/c1-8-4-10(2-3-13(8)14)16-11-5-9(15)6-12(7-11)17(18)19/h2-7,16H,15H2,1H3. The van der Waals surface area contributed by atoms with Crippen molar-refractivity contribution in [2.45, 2.75) is 6.92 Å². The fourth-order valence-corrected chi connectivity index (χ4v) is 1.95. The van der Waals surface area contributed by atoms with Crippen LogP contribution in [0.5, 0.6) is 0 Å². The highest BCUT2D eigenvalue weighted by molar-refractivity contribution is 9.10. The lowest BCUT2D eigenvalue weighted by Crippen LogP contribution is -1.96. The molecule has 0 atom stereocenters. The highest BCUT2D eigenvalue weighted by Gasteiger charge is 2.08. The molecule has 0 aliphatic heterocycles. The second-order valence-electron chi connectivity index (χ2n) is 4.16. The number of nitrogen functional groups attached to an aromatic ring is 1. The second kappa shape index (κ2) is 5.27. The number of benzene rings is 2. The molecular weight excluding hydrogens is 310 g/mol. The van der Waals surface area contributed by atoms with E-state index in [-0.39, 0.29) is 5.69 Å². The number of nitrogens with zero attached hydrogens (tertiary/aromatic N) is 1. The van der Waals surface area contributed by atoms with Gasteiger partial charge in [0.15, 0.2) is 0 Å². The summed E-state index contributed by atoms with van der Waals surface area (Å²) in [7, 11) is 0. The van der Waals surface area contributed by atoms with Crippen LogP contribution in [0.25, 0.3) is 0 Å². The Morgan fingerprint density at radius 3 is 2.58 bits per heavy atom. The molecule has 0 amide bonds. The topological polar surface area (TPSA) is 81.2 Å². The van der Waals surface area contributed by atoms with Gasteiger partial charge in [-0.1, -0.05) is 15.9 Å². The highest BCUT2D eigenvalue weighted by atomic mass is 79.9. The van der Waals surface area contributed by atoms with Crippen LogP contribution in [-0.4, -0.2) is 4.92 Å². The third-order valence-corrected chi connectivity index (χ3v) is 3.49. The monoisotopic (exact) mass is 321 g/mol. The molecule has 0 spiro atoms. The molecule has 0 saturated carbocycles. The van der Waals surface area contributed by atoms with Crippen LogP contribution in [0.15, 0.2) is 40.9 Å². The Kier molecular flexibility index (Phi) is 3.71. The van der Waals surface area contributed by atoms with Crippen LogP contribution in [0.1, 0.15) is 5.56 Å². The van der Waals surface area contributed by atoms with Crippen LogP contribution in [0, 0.1) is 17.0 Å². The fraction of sp³-hybridized carbons (Fsp3) is 0.0769. The Morgan fingerprint density at radius 2 is 1.95 bits per heavy atom. The summed E-state index contributed by atoms with van der Waals surface area (Å²) >= 11 is 3.42. The molecule has 0 aromatic heterocycles.